The van der Waals surface area contributed by atoms with Crippen molar-refractivity contribution in [3.8, 4) is 0 Å². The highest BCUT2D eigenvalue weighted by molar-refractivity contribution is 6.07. The van der Waals surface area contributed by atoms with E-state index in [4.69, 9.17) is 5.73 Å². The Morgan fingerprint density at radius 1 is 1.50 bits per heavy atom. The van der Waals surface area contributed by atoms with E-state index >= 15 is 0 Å². The van der Waals surface area contributed by atoms with Crippen LogP contribution >= 0.6 is 0 Å². The second-order valence-corrected chi connectivity index (χ2v) is 4.27. The molecule has 2 N–H and O–H groups in total. The van der Waals surface area contributed by atoms with E-state index in [9.17, 15) is 0 Å². The van der Waals surface area contributed by atoms with Crippen LogP contribution < -0.4 is 5.73 Å². The average Bonchev–Trinajstić information content (AvgIpc) is 2.46. The smallest absolute Gasteiger partial charge is 0.127 e. The summed E-state index contributed by atoms with van der Waals surface area (Å²) in [6.07, 6.45) is 6.61. The summed E-state index contributed by atoms with van der Waals surface area (Å²) in [6, 6.07) is 5.56. The number of nitrogen functional groups attached to an aromatic ring is 1. The molecule has 20 heavy (non-hydrogen) atoms. The molecular weight excluding hydrogens is 252 g/mol. The molecule has 0 radical (unpaired) electrons. The first kappa shape index (κ1) is 13.7. The van der Waals surface area contributed by atoms with Gasteiger partial charge in [0.15, 0.2) is 0 Å². The fourth-order valence-electron chi connectivity index (χ4n) is 1.58. The molecule has 0 saturated heterocycles. The van der Waals surface area contributed by atoms with Crippen molar-refractivity contribution in [2.24, 2.45) is 5.10 Å². The van der Waals surface area contributed by atoms with Crippen molar-refractivity contribution in [1.82, 2.24) is 20.0 Å². The molecule has 0 fully saturated rings. The normalized spacial score (nSPS) is 10.7. The second kappa shape index (κ2) is 6.42. The number of anilines is 1. The number of nitrogens with two attached hydrogens (primary N) is 1. The molecule has 6 heteroatoms. The highest BCUT2D eigenvalue weighted by Crippen LogP contribution is 2.09. The summed E-state index contributed by atoms with van der Waals surface area (Å²) in [7, 11) is 1.88. The quantitative estimate of drug-likeness (QED) is 0.658. The van der Waals surface area contributed by atoms with Crippen molar-refractivity contribution < 1.29 is 0 Å². The number of allylic oxidation sites excluding steroid dienone is 1. The zero-order chi connectivity index (χ0) is 14.4. The Balaban J connectivity index is 1.97. The van der Waals surface area contributed by atoms with Crippen LogP contribution in [0, 0.1) is 0 Å². The van der Waals surface area contributed by atoms with Crippen LogP contribution in [-0.2, 0) is 6.54 Å². The Kier molecular flexibility index (Phi) is 4.39. The standard InChI is InChI=1S/C14H16N6/c1-11(13-6-14(15)18-10-17-13)7-19-20(2)9-12-4-3-5-16-8-12/h3-8,10H,1,9H2,2H3,(H2,15,17,18)/b19-7-. The third kappa shape index (κ3) is 3.88. The molecule has 0 aliphatic carbocycles. The molecule has 0 aliphatic heterocycles. The molecule has 2 heterocycles. The van der Waals surface area contributed by atoms with Gasteiger partial charge >= 0.3 is 0 Å². The predicted octanol–water partition coefficient (Wildman–Crippen LogP) is 1.58. The van der Waals surface area contributed by atoms with Crippen LogP contribution in [0.15, 0.2) is 48.6 Å². The third-order valence-electron chi connectivity index (χ3n) is 2.56. The number of rotatable bonds is 5. The summed E-state index contributed by atoms with van der Waals surface area (Å²) >= 11 is 0. The Bertz CT molecular complexity index is 608. The van der Waals surface area contributed by atoms with Gasteiger partial charge in [0.2, 0.25) is 0 Å². The van der Waals surface area contributed by atoms with Gasteiger partial charge in [-0.2, -0.15) is 5.10 Å². The minimum absolute atomic E-state index is 0.410. The molecule has 0 atom stereocenters. The van der Waals surface area contributed by atoms with Crippen LogP contribution in [0.25, 0.3) is 5.57 Å². The van der Waals surface area contributed by atoms with Gasteiger partial charge in [0.05, 0.1) is 18.5 Å². The number of aromatic nitrogens is 3. The van der Waals surface area contributed by atoms with E-state index in [1.165, 1.54) is 6.33 Å². The molecule has 6 nitrogen and oxygen atoms in total. The molecule has 2 aromatic heterocycles. The van der Waals surface area contributed by atoms with Gasteiger partial charge < -0.3 is 5.73 Å². The largest absolute Gasteiger partial charge is 0.384 e. The molecule has 0 saturated carbocycles. The first-order valence-corrected chi connectivity index (χ1v) is 6.06. The van der Waals surface area contributed by atoms with E-state index in [1.807, 2.05) is 25.4 Å². The molecule has 102 valence electrons. The lowest BCUT2D eigenvalue weighted by Gasteiger charge is -2.12. The summed E-state index contributed by atoms with van der Waals surface area (Å²) in [6.45, 7) is 4.58. The van der Waals surface area contributed by atoms with Crippen LogP contribution in [0.3, 0.4) is 0 Å². The third-order valence-corrected chi connectivity index (χ3v) is 2.56. The number of nitrogens with zero attached hydrogens (tertiary/aromatic N) is 5. The fourth-order valence-corrected chi connectivity index (χ4v) is 1.58. The summed E-state index contributed by atoms with van der Waals surface area (Å²) in [5, 5.41) is 6.10. The summed E-state index contributed by atoms with van der Waals surface area (Å²) in [5.41, 5.74) is 8.03. The van der Waals surface area contributed by atoms with Gasteiger partial charge in [-0.3, -0.25) is 9.99 Å². The van der Waals surface area contributed by atoms with Crippen LogP contribution in [0.1, 0.15) is 11.3 Å². The van der Waals surface area contributed by atoms with Gasteiger partial charge in [-0.1, -0.05) is 12.6 Å². The van der Waals surface area contributed by atoms with Crippen LogP contribution in [0.4, 0.5) is 5.82 Å². The Labute approximate surface area is 117 Å². The molecule has 0 bridgehead atoms. The van der Waals surface area contributed by atoms with Gasteiger partial charge in [-0.25, -0.2) is 9.97 Å². The van der Waals surface area contributed by atoms with E-state index in [0.717, 1.165) is 5.56 Å². The molecule has 2 aromatic rings. The van der Waals surface area contributed by atoms with Gasteiger partial charge in [0.25, 0.3) is 0 Å². The van der Waals surface area contributed by atoms with Crippen molar-refractivity contribution >= 4 is 17.6 Å². The van der Waals surface area contributed by atoms with Crippen molar-refractivity contribution in [3.05, 3.63) is 54.8 Å². The van der Waals surface area contributed by atoms with Gasteiger partial charge in [0, 0.05) is 31.1 Å². The van der Waals surface area contributed by atoms with E-state index in [-0.39, 0.29) is 0 Å². The zero-order valence-electron chi connectivity index (χ0n) is 11.3. The highest BCUT2D eigenvalue weighted by Gasteiger charge is 2.00. The number of pyridine rings is 1. The summed E-state index contributed by atoms with van der Waals surface area (Å²) in [4.78, 5) is 12.0. The Morgan fingerprint density at radius 3 is 3.05 bits per heavy atom. The van der Waals surface area contributed by atoms with Crippen LogP contribution in [0.5, 0.6) is 0 Å². The minimum atomic E-state index is 0.410. The molecule has 0 amide bonds. The van der Waals surface area contributed by atoms with E-state index in [2.05, 4.69) is 26.6 Å². The topological polar surface area (TPSA) is 80.3 Å². The lowest BCUT2D eigenvalue weighted by atomic mass is 10.2. The Morgan fingerprint density at radius 2 is 2.35 bits per heavy atom. The molecular formula is C14H16N6. The molecule has 2 rings (SSSR count). The van der Waals surface area contributed by atoms with Crippen LogP contribution in [0.2, 0.25) is 0 Å². The Hall–Kier alpha value is -2.76. The summed E-state index contributed by atoms with van der Waals surface area (Å²) in [5.74, 6) is 0.410. The maximum atomic E-state index is 5.60. The number of hydrogen-bond donors (Lipinski definition) is 1. The fraction of sp³-hybridized carbons (Fsp3) is 0.143. The average molecular weight is 268 g/mol. The van der Waals surface area contributed by atoms with Gasteiger partial charge in [0.1, 0.15) is 12.1 Å². The minimum Gasteiger partial charge on any atom is -0.384 e. The first-order valence-electron chi connectivity index (χ1n) is 6.06. The molecule has 0 aliphatic rings. The van der Waals surface area contributed by atoms with E-state index < -0.39 is 0 Å². The summed E-state index contributed by atoms with van der Waals surface area (Å²) < 4.78 is 0. The lowest BCUT2D eigenvalue weighted by molar-refractivity contribution is 0.349. The van der Waals surface area contributed by atoms with E-state index in [0.29, 0.717) is 23.6 Å². The zero-order valence-corrected chi connectivity index (χ0v) is 11.3. The van der Waals surface area contributed by atoms with Gasteiger partial charge in [-0.05, 0) is 11.6 Å². The van der Waals surface area contributed by atoms with Crippen molar-refractivity contribution in [3.63, 3.8) is 0 Å². The maximum absolute atomic E-state index is 5.60. The van der Waals surface area contributed by atoms with E-state index in [1.54, 1.807) is 23.5 Å². The molecule has 0 unspecified atom stereocenters. The number of hydrogen-bond acceptors (Lipinski definition) is 6. The van der Waals surface area contributed by atoms with Crippen molar-refractivity contribution in [2.75, 3.05) is 12.8 Å². The van der Waals surface area contributed by atoms with Gasteiger partial charge in [-0.15, -0.1) is 0 Å². The lowest BCUT2D eigenvalue weighted by Crippen LogP contribution is -2.11. The number of hydrazone groups is 1. The second-order valence-electron chi connectivity index (χ2n) is 4.27. The molecule has 0 aromatic carbocycles. The van der Waals surface area contributed by atoms with Crippen molar-refractivity contribution in [1.29, 1.82) is 0 Å². The predicted molar refractivity (Wildman–Crippen MR) is 79.7 cm³/mol. The maximum Gasteiger partial charge on any atom is 0.127 e. The van der Waals surface area contributed by atoms with Crippen LogP contribution in [-0.4, -0.2) is 33.2 Å². The highest BCUT2D eigenvalue weighted by atomic mass is 15.4. The SMILES string of the molecule is C=C(/C=N\N(C)Cc1cccnc1)c1cc(N)ncn1. The molecule has 0 spiro atoms. The monoisotopic (exact) mass is 268 g/mol. The first-order chi connectivity index (χ1) is 9.65. The van der Waals surface area contributed by atoms with Crippen molar-refractivity contribution in [2.45, 2.75) is 6.54 Å².